The number of rotatable bonds is 6. The molecule has 6 nitrogen and oxygen atoms in total. The van der Waals surface area contributed by atoms with E-state index in [0.717, 1.165) is 28.9 Å². The summed E-state index contributed by atoms with van der Waals surface area (Å²) in [5, 5.41) is 0.620. The summed E-state index contributed by atoms with van der Waals surface area (Å²) in [6.07, 6.45) is -3.21. The molecule has 43 heavy (non-hydrogen) atoms. The molecule has 0 bridgehead atoms. The van der Waals surface area contributed by atoms with Crippen LogP contribution in [0.3, 0.4) is 0 Å². The summed E-state index contributed by atoms with van der Waals surface area (Å²) in [5.41, 5.74) is -0.133. The Kier molecular flexibility index (Phi) is 8.61. The van der Waals surface area contributed by atoms with Gasteiger partial charge >= 0.3 is 6.18 Å². The van der Waals surface area contributed by atoms with Gasteiger partial charge in [0.1, 0.15) is 0 Å². The summed E-state index contributed by atoms with van der Waals surface area (Å²) in [5.74, 6) is -0.261. The number of nitrogens with zero attached hydrogens (tertiary/aromatic N) is 3. The van der Waals surface area contributed by atoms with Crippen molar-refractivity contribution >= 4 is 50.0 Å². The zero-order valence-corrected chi connectivity index (χ0v) is 26.1. The van der Waals surface area contributed by atoms with E-state index in [1.807, 2.05) is 14.1 Å². The number of likely N-dealkylation sites (tertiary alicyclic amines) is 1. The molecule has 0 unspecified atom stereocenters. The van der Waals surface area contributed by atoms with Crippen molar-refractivity contribution in [2.24, 2.45) is 0 Å². The smallest absolute Gasteiger partial charge is 0.338 e. The first-order chi connectivity index (χ1) is 20.2. The molecule has 5 rings (SSSR count). The number of alkyl halides is 3. The van der Waals surface area contributed by atoms with Crippen molar-refractivity contribution in [3.05, 3.63) is 98.7 Å². The van der Waals surface area contributed by atoms with Crippen molar-refractivity contribution in [1.29, 1.82) is 0 Å². The molecule has 228 valence electrons. The van der Waals surface area contributed by atoms with Gasteiger partial charge in [-0.3, -0.25) is 4.79 Å². The van der Waals surface area contributed by atoms with Gasteiger partial charge in [-0.25, -0.2) is 12.4 Å². The third kappa shape index (κ3) is 6.02. The lowest BCUT2D eigenvalue weighted by atomic mass is 10.0. The van der Waals surface area contributed by atoms with Crippen LogP contribution in [0, 0.1) is 6.92 Å². The number of hydrogen-bond acceptors (Lipinski definition) is 4. The van der Waals surface area contributed by atoms with Crippen molar-refractivity contribution in [3.63, 3.8) is 0 Å². The summed E-state index contributed by atoms with van der Waals surface area (Å²) in [6, 6.07) is 14.3. The van der Waals surface area contributed by atoms with Crippen LogP contribution in [-0.4, -0.2) is 61.3 Å². The number of carbonyl (C=O) groups excluding carboxylic acids is 1. The standard InChI is InChI=1S/C31H30Cl2F3N3O3S/c1-19-15-20(31(34,35)36)16-28-25(19)17-22(39(28)43(41,42)23-7-5-4-6-8-23)18-26-27(32)10-9-24(29(26)33)30(40)38-13-11-21(12-14-38)37(2)3/h4-10,15-17,21H,11-14,18H2,1-3H3. The van der Waals surface area contributed by atoms with Gasteiger partial charge in [-0.05, 0) is 87.5 Å². The predicted molar refractivity (Wildman–Crippen MR) is 163 cm³/mol. The molecular formula is C31H30Cl2F3N3O3S. The van der Waals surface area contributed by atoms with E-state index in [0.29, 0.717) is 30.1 Å². The van der Waals surface area contributed by atoms with Crippen LogP contribution in [-0.2, 0) is 22.6 Å². The number of aromatic nitrogens is 1. The molecule has 0 saturated carbocycles. The molecule has 1 amide bonds. The fraction of sp³-hybridized carbons (Fsp3) is 0.323. The molecule has 0 N–H and O–H groups in total. The van der Waals surface area contributed by atoms with E-state index in [-0.39, 0.29) is 49.6 Å². The Morgan fingerprint density at radius 3 is 2.26 bits per heavy atom. The lowest BCUT2D eigenvalue weighted by Gasteiger charge is -2.35. The highest BCUT2D eigenvalue weighted by Crippen LogP contribution is 2.38. The van der Waals surface area contributed by atoms with Gasteiger partial charge in [0.25, 0.3) is 15.9 Å². The Labute approximate surface area is 258 Å². The Balaban J connectivity index is 1.63. The van der Waals surface area contributed by atoms with Gasteiger partial charge in [-0.15, -0.1) is 0 Å². The number of hydrogen-bond donors (Lipinski definition) is 0. The van der Waals surface area contributed by atoms with Crippen molar-refractivity contribution in [2.75, 3.05) is 27.2 Å². The molecule has 3 aromatic carbocycles. The predicted octanol–water partition coefficient (Wildman–Crippen LogP) is 7.27. The van der Waals surface area contributed by atoms with E-state index in [2.05, 4.69) is 4.90 Å². The number of aryl methyl sites for hydroxylation is 1. The highest BCUT2D eigenvalue weighted by Gasteiger charge is 2.34. The summed E-state index contributed by atoms with van der Waals surface area (Å²) < 4.78 is 70.3. The van der Waals surface area contributed by atoms with E-state index in [9.17, 15) is 26.4 Å². The highest BCUT2D eigenvalue weighted by molar-refractivity contribution is 7.90. The topological polar surface area (TPSA) is 62.6 Å². The van der Waals surface area contributed by atoms with Crippen LogP contribution in [0.2, 0.25) is 10.0 Å². The van der Waals surface area contributed by atoms with Crippen LogP contribution < -0.4 is 0 Å². The largest absolute Gasteiger partial charge is 0.416 e. The second kappa shape index (κ2) is 11.8. The molecule has 1 fully saturated rings. The van der Waals surface area contributed by atoms with Gasteiger partial charge in [0.2, 0.25) is 0 Å². The second-order valence-corrected chi connectivity index (χ2v) is 13.6. The van der Waals surface area contributed by atoms with Gasteiger partial charge in [-0.1, -0.05) is 41.4 Å². The van der Waals surface area contributed by atoms with Crippen LogP contribution in [0.5, 0.6) is 0 Å². The maximum absolute atomic E-state index is 14.0. The summed E-state index contributed by atoms with van der Waals surface area (Å²) in [6.45, 7) is 2.61. The second-order valence-electron chi connectivity index (χ2n) is 11.0. The van der Waals surface area contributed by atoms with Gasteiger partial charge in [0.05, 0.1) is 26.6 Å². The molecule has 1 aliphatic heterocycles. The van der Waals surface area contributed by atoms with Crippen LogP contribution >= 0.6 is 23.2 Å². The molecule has 2 heterocycles. The fourth-order valence-corrected chi connectivity index (χ4v) is 7.78. The van der Waals surface area contributed by atoms with Crippen LogP contribution in [0.25, 0.3) is 10.9 Å². The zero-order valence-electron chi connectivity index (χ0n) is 23.8. The minimum atomic E-state index is -4.69. The van der Waals surface area contributed by atoms with E-state index in [1.54, 1.807) is 23.1 Å². The van der Waals surface area contributed by atoms with E-state index in [1.165, 1.54) is 37.3 Å². The fourth-order valence-electron chi connectivity index (χ4n) is 5.65. The van der Waals surface area contributed by atoms with Gasteiger partial charge in [-0.2, -0.15) is 13.2 Å². The number of carbonyl (C=O) groups is 1. The molecule has 1 saturated heterocycles. The minimum Gasteiger partial charge on any atom is -0.338 e. The SMILES string of the molecule is Cc1cc(C(F)(F)F)cc2c1cc(Cc1c(Cl)ccc(C(=O)N3CCC(N(C)C)CC3)c1Cl)n2S(=O)(=O)c1ccccc1. The number of piperidine rings is 1. The molecule has 12 heteroatoms. The van der Waals surface area contributed by atoms with Crippen LogP contribution in [0.15, 0.2) is 65.6 Å². The highest BCUT2D eigenvalue weighted by atomic mass is 35.5. The number of fused-ring (bicyclic) bond motifs is 1. The lowest BCUT2D eigenvalue weighted by molar-refractivity contribution is -0.137. The minimum absolute atomic E-state index is 0.0776. The van der Waals surface area contributed by atoms with E-state index in [4.69, 9.17) is 23.2 Å². The molecule has 1 aromatic heterocycles. The lowest BCUT2D eigenvalue weighted by Crippen LogP contribution is -2.44. The van der Waals surface area contributed by atoms with Gasteiger partial charge in [0, 0.05) is 41.7 Å². The number of amides is 1. The molecule has 0 spiro atoms. The number of benzene rings is 3. The van der Waals surface area contributed by atoms with Crippen molar-refractivity contribution < 1.29 is 26.4 Å². The first-order valence-corrected chi connectivity index (χ1v) is 15.8. The monoisotopic (exact) mass is 651 g/mol. The summed E-state index contributed by atoms with van der Waals surface area (Å²) in [7, 11) is -0.335. The van der Waals surface area contributed by atoms with Crippen molar-refractivity contribution in [2.45, 2.75) is 43.3 Å². The third-order valence-electron chi connectivity index (χ3n) is 8.02. The van der Waals surface area contributed by atoms with Crippen molar-refractivity contribution in [3.8, 4) is 0 Å². The van der Waals surface area contributed by atoms with Crippen LogP contribution in [0.1, 0.15) is 45.6 Å². The maximum atomic E-state index is 14.0. The zero-order chi connectivity index (χ0) is 31.3. The molecule has 1 aliphatic rings. The van der Waals surface area contributed by atoms with Crippen molar-refractivity contribution in [1.82, 2.24) is 13.8 Å². The maximum Gasteiger partial charge on any atom is 0.416 e. The van der Waals surface area contributed by atoms with Gasteiger partial charge < -0.3 is 9.80 Å². The summed E-state index contributed by atoms with van der Waals surface area (Å²) >= 11 is 13.4. The molecule has 0 radical (unpaired) electrons. The Bertz CT molecular complexity index is 1800. The molecule has 0 atom stereocenters. The Hall–Kier alpha value is -3.05. The van der Waals surface area contributed by atoms with Gasteiger partial charge in [0.15, 0.2) is 0 Å². The number of halogens is 5. The normalized spacial score (nSPS) is 15.0. The Morgan fingerprint density at radius 2 is 1.65 bits per heavy atom. The summed E-state index contributed by atoms with van der Waals surface area (Å²) in [4.78, 5) is 17.3. The quantitative estimate of drug-likeness (QED) is 0.220. The molecular weight excluding hydrogens is 622 g/mol. The average Bonchev–Trinajstić information content (AvgIpc) is 3.34. The molecule has 4 aromatic rings. The van der Waals surface area contributed by atoms with Crippen LogP contribution in [0.4, 0.5) is 13.2 Å². The third-order valence-corrected chi connectivity index (χ3v) is 10.6. The van der Waals surface area contributed by atoms with E-state index < -0.39 is 21.8 Å². The average molecular weight is 653 g/mol. The van der Waals surface area contributed by atoms with E-state index >= 15 is 0 Å². The Morgan fingerprint density at radius 1 is 1.00 bits per heavy atom. The first-order valence-electron chi connectivity index (χ1n) is 13.7. The first kappa shape index (κ1) is 31.4. The molecule has 0 aliphatic carbocycles.